The molecule has 0 aromatic heterocycles. The maximum absolute atomic E-state index is 13.0. The van der Waals surface area contributed by atoms with Crippen molar-refractivity contribution < 1.29 is 22.3 Å². The lowest BCUT2D eigenvalue weighted by Crippen LogP contribution is -2.52. The number of carbonyl (C=O) groups excluding carboxylic acids is 1. The first kappa shape index (κ1) is 20.2. The van der Waals surface area contributed by atoms with Gasteiger partial charge in [0.15, 0.2) is 0 Å². The lowest BCUT2D eigenvalue weighted by atomic mass is 10.2. The molecule has 27 heavy (non-hydrogen) atoms. The molecule has 1 atom stereocenters. The highest BCUT2D eigenvalue weighted by Gasteiger charge is 2.28. The quantitative estimate of drug-likeness (QED) is 0.707. The van der Waals surface area contributed by atoms with Crippen LogP contribution in [0.3, 0.4) is 0 Å². The van der Waals surface area contributed by atoms with E-state index in [1.165, 1.54) is 19.2 Å². The van der Waals surface area contributed by atoms with E-state index in [0.29, 0.717) is 19.2 Å². The molecule has 0 radical (unpaired) electrons. The summed E-state index contributed by atoms with van der Waals surface area (Å²) < 4.78 is 44.7. The van der Waals surface area contributed by atoms with Gasteiger partial charge in [0.1, 0.15) is 5.82 Å². The third kappa shape index (κ3) is 5.04. The molecule has 0 saturated carbocycles. The van der Waals surface area contributed by atoms with E-state index in [2.05, 4.69) is 4.90 Å². The van der Waals surface area contributed by atoms with Crippen molar-refractivity contribution in [1.29, 1.82) is 0 Å². The summed E-state index contributed by atoms with van der Waals surface area (Å²) in [5.41, 5.74) is 0. The smallest absolute Gasteiger partial charge is 0.243 e. The summed E-state index contributed by atoms with van der Waals surface area (Å²) in [5.74, 6) is -0.728. The second-order valence-corrected chi connectivity index (χ2v) is 9.08. The first-order chi connectivity index (χ1) is 12.9. The Bertz CT molecular complexity index is 742. The van der Waals surface area contributed by atoms with Gasteiger partial charge in [-0.25, -0.2) is 12.8 Å². The van der Waals surface area contributed by atoms with Gasteiger partial charge in [0, 0.05) is 46.4 Å². The topological polar surface area (TPSA) is 70.2 Å². The van der Waals surface area contributed by atoms with Gasteiger partial charge in [0.2, 0.25) is 15.9 Å². The SMILES string of the molecule is CN(CC(=O)N1CCN(CC2CCCO2)CC1)S(=O)(=O)c1ccc(F)cc1. The van der Waals surface area contributed by atoms with E-state index >= 15 is 0 Å². The molecular weight excluding hydrogens is 373 g/mol. The average molecular weight is 399 g/mol. The number of likely N-dealkylation sites (N-methyl/N-ethyl adjacent to an activating group) is 1. The van der Waals surface area contributed by atoms with Crippen LogP contribution in [0.1, 0.15) is 12.8 Å². The highest BCUT2D eigenvalue weighted by atomic mass is 32.2. The normalized spacial score (nSPS) is 21.7. The predicted octanol–water partition coefficient (Wildman–Crippen LogP) is 0.769. The molecule has 2 aliphatic rings. The van der Waals surface area contributed by atoms with Crippen molar-refractivity contribution in [2.24, 2.45) is 0 Å². The molecule has 3 rings (SSSR count). The number of amides is 1. The van der Waals surface area contributed by atoms with Gasteiger partial charge in [-0.05, 0) is 37.1 Å². The molecule has 1 amide bonds. The van der Waals surface area contributed by atoms with Gasteiger partial charge in [-0.15, -0.1) is 0 Å². The minimum absolute atomic E-state index is 0.0272. The number of piperazine rings is 1. The van der Waals surface area contributed by atoms with Crippen LogP contribution in [0, 0.1) is 5.82 Å². The van der Waals surface area contributed by atoms with Crippen molar-refractivity contribution in [3.05, 3.63) is 30.1 Å². The number of halogens is 1. The summed E-state index contributed by atoms with van der Waals surface area (Å²) >= 11 is 0. The fourth-order valence-corrected chi connectivity index (χ4v) is 4.54. The molecule has 0 aliphatic carbocycles. The summed E-state index contributed by atoms with van der Waals surface area (Å²) in [5, 5.41) is 0. The second-order valence-electron chi connectivity index (χ2n) is 7.03. The van der Waals surface area contributed by atoms with Crippen LogP contribution in [0.15, 0.2) is 29.2 Å². The van der Waals surface area contributed by atoms with Crippen molar-refractivity contribution in [2.75, 3.05) is 52.9 Å². The van der Waals surface area contributed by atoms with Gasteiger partial charge >= 0.3 is 0 Å². The molecular formula is C18H26FN3O4S. The number of sulfonamides is 1. The molecule has 2 heterocycles. The van der Waals surface area contributed by atoms with Crippen molar-refractivity contribution in [3.8, 4) is 0 Å². The Labute approximate surface area is 159 Å². The highest BCUT2D eigenvalue weighted by molar-refractivity contribution is 7.89. The van der Waals surface area contributed by atoms with E-state index in [0.717, 1.165) is 55.5 Å². The van der Waals surface area contributed by atoms with Gasteiger partial charge < -0.3 is 9.64 Å². The number of hydrogen-bond acceptors (Lipinski definition) is 5. The minimum atomic E-state index is -3.82. The molecule has 7 nitrogen and oxygen atoms in total. The Kier molecular flexibility index (Phi) is 6.46. The van der Waals surface area contributed by atoms with Gasteiger partial charge in [0.25, 0.3) is 0 Å². The lowest BCUT2D eigenvalue weighted by Gasteiger charge is -2.36. The molecule has 2 aliphatic heterocycles. The third-order valence-corrected chi connectivity index (χ3v) is 6.91. The number of carbonyl (C=O) groups is 1. The Morgan fingerprint density at radius 3 is 2.48 bits per heavy atom. The van der Waals surface area contributed by atoms with Crippen LogP contribution in [0.2, 0.25) is 0 Å². The van der Waals surface area contributed by atoms with E-state index in [-0.39, 0.29) is 17.3 Å². The number of hydrogen-bond donors (Lipinski definition) is 0. The first-order valence-corrected chi connectivity index (χ1v) is 10.6. The molecule has 0 N–H and O–H groups in total. The summed E-state index contributed by atoms with van der Waals surface area (Å²) in [6.45, 7) is 4.18. The number of nitrogens with zero attached hydrogens (tertiary/aromatic N) is 3. The standard InChI is InChI=1S/C18H26FN3O4S/c1-20(27(24,25)17-6-4-15(19)5-7-17)14-18(23)22-10-8-21(9-11-22)13-16-3-2-12-26-16/h4-7,16H,2-3,8-14H2,1H3. The Hall–Kier alpha value is -1.55. The zero-order chi connectivity index (χ0) is 19.4. The maximum Gasteiger partial charge on any atom is 0.243 e. The summed E-state index contributed by atoms with van der Waals surface area (Å²) in [6.07, 6.45) is 2.49. The lowest BCUT2D eigenvalue weighted by molar-refractivity contribution is -0.133. The molecule has 2 fully saturated rings. The molecule has 1 aromatic rings. The Balaban J connectivity index is 1.50. The van der Waals surface area contributed by atoms with Crippen LogP contribution in [0.4, 0.5) is 4.39 Å². The van der Waals surface area contributed by atoms with Crippen LogP contribution in [-0.2, 0) is 19.6 Å². The van der Waals surface area contributed by atoms with Gasteiger partial charge in [0.05, 0.1) is 17.5 Å². The fraction of sp³-hybridized carbons (Fsp3) is 0.611. The van der Waals surface area contributed by atoms with Crippen molar-refractivity contribution >= 4 is 15.9 Å². The van der Waals surface area contributed by atoms with E-state index in [9.17, 15) is 17.6 Å². The van der Waals surface area contributed by atoms with Crippen LogP contribution in [0.5, 0.6) is 0 Å². The van der Waals surface area contributed by atoms with Crippen LogP contribution in [-0.4, -0.2) is 87.5 Å². The zero-order valence-corrected chi connectivity index (χ0v) is 16.3. The van der Waals surface area contributed by atoms with E-state index in [1.807, 2.05) is 0 Å². The Morgan fingerprint density at radius 2 is 1.89 bits per heavy atom. The predicted molar refractivity (Wildman–Crippen MR) is 98.2 cm³/mol. The number of rotatable bonds is 6. The van der Waals surface area contributed by atoms with Crippen LogP contribution in [0.25, 0.3) is 0 Å². The van der Waals surface area contributed by atoms with Crippen LogP contribution < -0.4 is 0 Å². The molecule has 0 bridgehead atoms. The highest BCUT2D eigenvalue weighted by Crippen LogP contribution is 2.16. The molecule has 1 aromatic carbocycles. The molecule has 9 heteroatoms. The van der Waals surface area contributed by atoms with E-state index < -0.39 is 15.8 Å². The minimum Gasteiger partial charge on any atom is -0.377 e. The first-order valence-electron chi connectivity index (χ1n) is 9.20. The molecule has 150 valence electrons. The third-order valence-electron chi connectivity index (χ3n) is 5.09. The fourth-order valence-electron chi connectivity index (χ4n) is 3.42. The van der Waals surface area contributed by atoms with Crippen molar-refractivity contribution in [2.45, 2.75) is 23.8 Å². The van der Waals surface area contributed by atoms with Gasteiger partial charge in [-0.3, -0.25) is 9.69 Å². The summed E-state index contributed by atoms with van der Waals surface area (Å²) in [7, 11) is -2.46. The number of benzene rings is 1. The molecule has 0 spiro atoms. The van der Waals surface area contributed by atoms with Gasteiger partial charge in [-0.2, -0.15) is 4.31 Å². The summed E-state index contributed by atoms with van der Waals surface area (Å²) in [6, 6.07) is 4.59. The maximum atomic E-state index is 13.0. The van der Waals surface area contributed by atoms with Crippen molar-refractivity contribution in [1.82, 2.24) is 14.1 Å². The van der Waals surface area contributed by atoms with Crippen molar-refractivity contribution in [3.63, 3.8) is 0 Å². The second kappa shape index (κ2) is 8.64. The zero-order valence-electron chi connectivity index (χ0n) is 15.5. The largest absolute Gasteiger partial charge is 0.377 e. The molecule has 1 unspecified atom stereocenters. The Morgan fingerprint density at radius 1 is 1.22 bits per heavy atom. The average Bonchev–Trinajstić information content (AvgIpc) is 3.15. The monoisotopic (exact) mass is 399 g/mol. The van der Waals surface area contributed by atoms with Crippen LogP contribution >= 0.6 is 0 Å². The van der Waals surface area contributed by atoms with Gasteiger partial charge in [-0.1, -0.05) is 0 Å². The van der Waals surface area contributed by atoms with E-state index in [1.54, 1.807) is 4.90 Å². The molecule has 2 saturated heterocycles. The number of ether oxygens (including phenoxy) is 1. The van der Waals surface area contributed by atoms with E-state index in [4.69, 9.17) is 4.74 Å². The summed E-state index contributed by atoms with van der Waals surface area (Å²) in [4.78, 5) is 16.5.